The van der Waals surface area contributed by atoms with Gasteiger partial charge in [-0.25, -0.2) is 4.52 Å². The number of aromatic nitrogens is 5. The first kappa shape index (κ1) is 11.4. The van der Waals surface area contributed by atoms with Crippen molar-refractivity contribution in [2.24, 2.45) is 0 Å². The molecule has 102 valence electrons. The number of hydrogen-bond donors (Lipinski definition) is 3. The maximum atomic E-state index is 4.53. The number of hydrogen-bond acceptors (Lipinski definition) is 5. The molecule has 1 saturated heterocycles. The van der Waals surface area contributed by atoms with Crippen LogP contribution in [0.15, 0.2) is 30.7 Å². The molecule has 1 aliphatic heterocycles. The molecule has 1 atom stereocenters. The van der Waals surface area contributed by atoms with Crippen molar-refractivity contribution < 1.29 is 0 Å². The van der Waals surface area contributed by atoms with Gasteiger partial charge in [0.15, 0.2) is 5.65 Å². The maximum absolute atomic E-state index is 4.53. The monoisotopic (exact) mass is 269 g/mol. The summed E-state index contributed by atoms with van der Waals surface area (Å²) in [5.41, 5.74) is 2.95. The van der Waals surface area contributed by atoms with Crippen LogP contribution in [0.25, 0.3) is 16.8 Å². The molecule has 0 amide bonds. The number of anilines is 1. The van der Waals surface area contributed by atoms with Crippen molar-refractivity contribution in [3.8, 4) is 11.1 Å². The van der Waals surface area contributed by atoms with Gasteiger partial charge in [-0.3, -0.25) is 5.10 Å². The minimum absolute atomic E-state index is 0.417. The highest BCUT2D eigenvalue weighted by molar-refractivity contribution is 5.66. The van der Waals surface area contributed by atoms with Crippen LogP contribution in [-0.4, -0.2) is 43.9 Å². The Hall–Kier alpha value is -2.41. The van der Waals surface area contributed by atoms with E-state index in [-0.39, 0.29) is 0 Å². The molecule has 1 fully saturated rings. The van der Waals surface area contributed by atoms with E-state index in [0.29, 0.717) is 12.0 Å². The van der Waals surface area contributed by atoms with Crippen molar-refractivity contribution in [3.63, 3.8) is 0 Å². The molecular formula is C13H15N7. The van der Waals surface area contributed by atoms with Crippen LogP contribution >= 0.6 is 0 Å². The zero-order valence-corrected chi connectivity index (χ0v) is 10.9. The first-order valence-electron chi connectivity index (χ1n) is 6.71. The summed E-state index contributed by atoms with van der Waals surface area (Å²) < 4.78 is 1.79. The van der Waals surface area contributed by atoms with Gasteiger partial charge in [0.05, 0.1) is 6.20 Å². The van der Waals surface area contributed by atoms with Crippen LogP contribution in [0.4, 0.5) is 5.95 Å². The van der Waals surface area contributed by atoms with Crippen LogP contribution < -0.4 is 10.6 Å². The van der Waals surface area contributed by atoms with E-state index in [4.69, 9.17) is 0 Å². The van der Waals surface area contributed by atoms with E-state index >= 15 is 0 Å². The molecule has 0 bridgehead atoms. The van der Waals surface area contributed by atoms with Crippen LogP contribution in [0.3, 0.4) is 0 Å². The Morgan fingerprint density at radius 3 is 3.15 bits per heavy atom. The fourth-order valence-electron chi connectivity index (χ4n) is 2.49. The summed E-state index contributed by atoms with van der Waals surface area (Å²) in [5.74, 6) is 0.683. The second-order valence-electron chi connectivity index (χ2n) is 4.97. The van der Waals surface area contributed by atoms with Crippen molar-refractivity contribution in [1.29, 1.82) is 0 Å². The molecule has 3 aromatic rings. The SMILES string of the molecule is c1cn2nc(N[C@@H]3CCNC3)nc2cc1-c1cn[nH]c1. The summed E-state index contributed by atoms with van der Waals surface area (Å²) in [5, 5.41) is 17.9. The van der Waals surface area contributed by atoms with Gasteiger partial charge < -0.3 is 10.6 Å². The molecule has 20 heavy (non-hydrogen) atoms. The molecule has 3 aromatic heterocycles. The van der Waals surface area contributed by atoms with Gasteiger partial charge in [-0.2, -0.15) is 10.1 Å². The molecule has 0 saturated carbocycles. The maximum Gasteiger partial charge on any atom is 0.243 e. The fraction of sp³-hybridized carbons (Fsp3) is 0.308. The second kappa shape index (κ2) is 4.61. The van der Waals surface area contributed by atoms with Crippen LogP contribution in [0.5, 0.6) is 0 Å². The van der Waals surface area contributed by atoms with Gasteiger partial charge in [0.2, 0.25) is 5.95 Å². The molecule has 4 rings (SSSR count). The van der Waals surface area contributed by atoms with E-state index < -0.39 is 0 Å². The lowest BCUT2D eigenvalue weighted by molar-refractivity contribution is 0.779. The lowest BCUT2D eigenvalue weighted by atomic mass is 10.1. The average molecular weight is 269 g/mol. The molecule has 0 unspecified atom stereocenters. The Labute approximate surface area is 115 Å². The fourth-order valence-corrected chi connectivity index (χ4v) is 2.49. The zero-order valence-electron chi connectivity index (χ0n) is 10.9. The van der Waals surface area contributed by atoms with E-state index in [1.165, 1.54) is 0 Å². The summed E-state index contributed by atoms with van der Waals surface area (Å²) >= 11 is 0. The van der Waals surface area contributed by atoms with Gasteiger partial charge in [0.1, 0.15) is 0 Å². The molecule has 4 heterocycles. The number of pyridine rings is 1. The Bertz CT molecular complexity index is 709. The van der Waals surface area contributed by atoms with Crippen LogP contribution in [0, 0.1) is 0 Å². The quantitative estimate of drug-likeness (QED) is 0.658. The standard InChI is InChI=1S/C13H15N7/c1-3-14-8-11(1)17-13-18-12-5-9(2-4-20(12)19-13)10-6-15-16-7-10/h2,4-7,11,14H,1,3,8H2,(H,15,16)(H,17,19)/t11-/m1/s1. The Balaban J connectivity index is 1.65. The van der Waals surface area contributed by atoms with Gasteiger partial charge in [0, 0.05) is 30.5 Å². The van der Waals surface area contributed by atoms with Crippen molar-refractivity contribution in [3.05, 3.63) is 30.7 Å². The van der Waals surface area contributed by atoms with Gasteiger partial charge in [-0.1, -0.05) is 0 Å². The highest BCUT2D eigenvalue weighted by Crippen LogP contribution is 2.19. The highest BCUT2D eigenvalue weighted by Gasteiger charge is 2.16. The van der Waals surface area contributed by atoms with Crippen LogP contribution in [-0.2, 0) is 0 Å². The topological polar surface area (TPSA) is 82.9 Å². The summed E-state index contributed by atoms with van der Waals surface area (Å²) in [6, 6.07) is 4.43. The Morgan fingerprint density at radius 1 is 1.35 bits per heavy atom. The molecule has 7 heteroatoms. The number of rotatable bonds is 3. The third-order valence-electron chi connectivity index (χ3n) is 3.56. The first-order valence-corrected chi connectivity index (χ1v) is 6.71. The summed E-state index contributed by atoms with van der Waals surface area (Å²) in [6.45, 7) is 2.02. The molecule has 1 aliphatic rings. The summed E-state index contributed by atoms with van der Waals surface area (Å²) in [7, 11) is 0. The van der Waals surface area contributed by atoms with Crippen molar-refractivity contribution >= 4 is 11.6 Å². The van der Waals surface area contributed by atoms with E-state index in [9.17, 15) is 0 Å². The number of nitrogens with one attached hydrogen (secondary N) is 3. The number of aromatic amines is 1. The van der Waals surface area contributed by atoms with Crippen LogP contribution in [0.1, 0.15) is 6.42 Å². The van der Waals surface area contributed by atoms with Gasteiger partial charge >= 0.3 is 0 Å². The van der Waals surface area contributed by atoms with Crippen molar-refractivity contribution in [2.45, 2.75) is 12.5 Å². The largest absolute Gasteiger partial charge is 0.349 e. The lowest BCUT2D eigenvalue weighted by Crippen LogP contribution is -2.22. The minimum Gasteiger partial charge on any atom is -0.349 e. The normalized spacial score (nSPS) is 18.7. The summed E-state index contributed by atoms with van der Waals surface area (Å²) in [6.07, 6.45) is 6.69. The minimum atomic E-state index is 0.417. The van der Waals surface area contributed by atoms with Gasteiger partial charge in [-0.05, 0) is 30.7 Å². The van der Waals surface area contributed by atoms with Gasteiger partial charge in [0.25, 0.3) is 0 Å². The molecular weight excluding hydrogens is 254 g/mol. The third kappa shape index (κ3) is 2.01. The van der Waals surface area contributed by atoms with E-state index in [1.807, 2.05) is 24.5 Å². The van der Waals surface area contributed by atoms with E-state index in [2.05, 4.69) is 30.9 Å². The molecule has 0 aliphatic carbocycles. The van der Waals surface area contributed by atoms with Crippen molar-refractivity contribution in [1.82, 2.24) is 30.1 Å². The number of nitrogens with zero attached hydrogens (tertiary/aromatic N) is 4. The molecule has 0 aromatic carbocycles. The summed E-state index contributed by atoms with van der Waals surface area (Å²) in [4.78, 5) is 4.53. The number of fused-ring (bicyclic) bond motifs is 1. The molecule has 0 radical (unpaired) electrons. The highest BCUT2D eigenvalue weighted by atomic mass is 15.3. The smallest absolute Gasteiger partial charge is 0.243 e. The van der Waals surface area contributed by atoms with E-state index in [0.717, 1.165) is 36.3 Å². The molecule has 7 nitrogen and oxygen atoms in total. The van der Waals surface area contributed by atoms with Crippen molar-refractivity contribution in [2.75, 3.05) is 18.4 Å². The third-order valence-corrected chi connectivity index (χ3v) is 3.56. The number of H-pyrrole nitrogens is 1. The van der Waals surface area contributed by atoms with E-state index in [1.54, 1.807) is 10.7 Å². The molecule has 3 N–H and O–H groups in total. The second-order valence-corrected chi connectivity index (χ2v) is 4.97. The first-order chi connectivity index (χ1) is 9.88. The molecule has 0 spiro atoms. The van der Waals surface area contributed by atoms with Crippen LogP contribution in [0.2, 0.25) is 0 Å². The Morgan fingerprint density at radius 2 is 2.35 bits per heavy atom. The average Bonchev–Trinajstić information content (AvgIpc) is 3.19. The lowest BCUT2D eigenvalue weighted by Gasteiger charge is -2.07. The van der Waals surface area contributed by atoms with Gasteiger partial charge in [-0.15, -0.1) is 5.10 Å². The predicted molar refractivity (Wildman–Crippen MR) is 75.5 cm³/mol. The Kier molecular flexibility index (Phi) is 2.63. The predicted octanol–water partition coefficient (Wildman–Crippen LogP) is 0.893. The zero-order chi connectivity index (χ0) is 13.4.